The Balaban J connectivity index is 1.11. The first-order chi connectivity index (χ1) is 17.0. The summed E-state index contributed by atoms with van der Waals surface area (Å²) in [5, 5.41) is 4.15. The number of aromatic nitrogens is 4. The lowest BCUT2D eigenvalue weighted by Crippen LogP contribution is -2.58. The molecule has 6 rings (SSSR count). The van der Waals surface area contributed by atoms with Gasteiger partial charge in [0.15, 0.2) is 5.65 Å². The lowest BCUT2D eigenvalue weighted by Gasteiger charge is -2.48. The van der Waals surface area contributed by atoms with Gasteiger partial charge in [-0.25, -0.2) is 23.7 Å². The molecule has 0 N–H and O–H groups in total. The molecule has 1 spiro atoms. The van der Waals surface area contributed by atoms with E-state index in [1.807, 2.05) is 30.2 Å². The van der Waals surface area contributed by atoms with Crippen molar-refractivity contribution < 1.29 is 13.9 Å². The van der Waals surface area contributed by atoms with Crippen molar-refractivity contribution >= 4 is 17.6 Å². The number of carbonyl (C=O) groups is 1. The highest BCUT2D eigenvalue weighted by molar-refractivity contribution is 5.77. The Morgan fingerprint density at radius 2 is 2.03 bits per heavy atom. The summed E-state index contributed by atoms with van der Waals surface area (Å²) in [7, 11) is 0. The zero-order valence-corrected chi connectivity index (χ0v) is 19.9. The van der Waals surface area contributed by atoms with Crippen molar-refractivity contribution in [2.45, 2.75) is 32.2 Å². The highest BCUT2D eigenvalue weighted by atomic mass is 19.1. The van der Waals surface area contributed by atoms with Crippen LogP contribution >= 0.6 is 0 Å². The van der Waals surface area contributed by atoms with Gasteiger partial charge in [0.1, 0.15) is 18.0 Å². The number of ether oxygens (including phenoxy) is 1. The summed E-state index contributed by atoms with van der Waals surface area (Å²) < 4.78 is 21.0. The van der Waals surface area contributed by atoms with Gasteiger partial charge in [0, 0.05) is 62.5 Å². The number of amides is 1. The standard InChI is InChI=1S/C25H30FN7O2/c1-2-35-24(34)32-15-25(16-32)5-3-20(13-25)30-7-9-31(10-8-30)23-21(12-19(26)14-27-23)18-4-6-33-22(11-18)28-17-29-33/h4,6,11-12,14,17,20H,2-3,5,7-10,13,15-16H2,1H3/t20-/m1/s1. The first-order valence-corrected chi connectivity index (χ1v) is 12.4. The molecule has 3 aromatic rings. The van der Waals surface area contributed by atoms with E-state index in [-0.39, 0.29) is 17.3 Å². The Morgan fingerprint density at radius 3 is 2.83 bits per heavy atom. The highest BCUT2D eigenvalue weighted by Crippen LogP contribution is 2.47. The maximum atomic E-state index is 14.2. The molecule has 2 saturated heterocycles. The minimum absolute atomic E-state index is 0.180. The van der Waals surface area contributed by atoms with Gasteiger partial charge in [-0.05, 0) is 49.9 Å². The van der Waals surface area contributed by atoms with E-state index >= 15 is 0 Å². The number of halogens is 1. The van der Waals surface area contributed by atoms with Crippen LogP contribution in [0.15, 0.2) is 36.9 Å². The van der Waals surface area contributed by atoms with Gasteiger partial charge < -0.3 is 14.5 Å². The molecule has 0 radical (unpaired) electrons. The molecule has 0 aromatic carbocycles. The number of rotatable bonds is 4. The number of fused-ring (bicyclic) bond motifs is 1. The molecule has 184 valence electrons. The third kappa shape index (κ3) is 4.09. The zero-order chi connectivity index (χ0) is 24.0. The average Bonchev–Trinajstić information content (AvgIpc) is 3.51. The van der Waals surface area contributed by atoms with Gasteiger partial charge in [-0.3, -0.25) is 4.90 Å². The van der Waals surface area contributed by atoms with Crippen molar-refractivity contribution in [3.63, 3.8) is 0 Å². The number of carbonyl (C=O) groups excluding carboxylic acids is 1. The second-order valence-corrected chi connectivity index (χ2v) is 9.98. The maximum Gasteiger partial charge on any atom is 0.409 e. The molecule has 9 nitrogen and oxygen atoms in total. The lowest BCUT2D eigenvalue weighted by atomic mass is 9.78. The molecule has 5 heterocycles. The van der Waals surface area contributed by atoms with Crippen molar-refractivity contribution in [2.75, 3.05) is 50.8 Å². The van der Waals surface area contributed by atoms with Crippen molar-refractivity contribution in [3.05, 3.63) is 42.7 Å². The predicted octanol–water partition coefficient (Wildman–Crippen LogP) is 3.06. The van der Waals surface area contributed by atoms with Crippen LogP contribution in [0, 0.1) is 11.2 Å². The van der Waals surface area contributed by atoms with Gasteiger partial charge in [-0.2, -0.15) is 5.10 Å². The minimum Gasteiger partial charge on any atom is -0.450 e. The molecule has 3 aliphatic rings. The molecule has 10 heteroatoms. The molecule has 1 amide bonds. The largest absolute Gasteiger partial charge is 0.450 e. The lowest BCUT2D eigenvalue weighted by molar-refractivity contribution is -0.00294. The normalized spacial score (nSPS) is 22.1. The Hall–Kier alpha value is -3.27. The Kier molecular flexibility index (Phi) is 5.55. The Morgan fingerprint density at radius 1 is 1.20 bits per heavy atom. The fourth-order valence-corrected chi connectivity index (χ4v) is 6.06. The second kappa shape index (κ2) is 8.75. The summed E-state index contributed by atoms with van der Waals surface area (Å²) in [5.41, 5.74) is 2.64. The highest BCUT2D eigenvalue weighted by Gasteiger charge is 2.51. The zero-order valence-electron chi connectivity index (χ0n) is 19.9. The Bertz CT molecular complexity index is 1230. The van der Waals surface area contributed by atoms with Crippen LogP contribution in [0.2, 0.25) is 0 Å². The number of likely N-dealkylation sites (tertiary alicyclic amines) is 1. The van der Waals surface area contributed by atoms with E-state index in [4.69, 9.17) is 4.74 Å². The van der Waals surface area contributed by atoms with Gasteiger partial charge in [-0.15, -0.1) is 0 Å². The van der Waals surface area contributed by atoms with Crippen LogP contribution in [0.25, 0.3) is 16.8 Å². The van der Waals surface area contributed by atoms with Crippen LogP contribution in [0.3, 0.4) is 0 Å². The number of pyridine rings is 2. The van der Waals surface area contributed by atoms with E-state index in [9.17, 15) is 9.18 Å². The van der Waals surface area contributed by atoms with Crippen molar-refractivity contribution in [3.8, 4) is 11.1 Å². The van der Waals surface area contributed by atoms with Crippen molar-refractivity contribution in [1.29, 1.82) is 0 Å². The van der Waals surface area contributed by atoms with Gasteiger partial charge in [0.25, 0.3) is 0 Å². The predicted molar refractivity (Wildman–Crippen MR) is 129 cm³/mol. The molecule has 0 bridgehead atoms. The van der Waals surface area contributed by atoms with Gasteiger partial charge in [-0.1, -0.05) is 0 Å². The van der Waals surface area contributed by atoms with Crippen LogP contribution in [-0.2, 0) is 4.74 Å². The number of anilines is 1. The fourth-order valence-electron chi connectivity index (χ4n) is 6.06. The summed E-state index contributed by atoms with van der Waals surface area (Å²) in [5.74, 6) is 0.458. The van der Waals surface area contributed by atoms with E-state index in [2.05, 4.69) is 24.9 Å². The van der Waals surface area contributed by atoms with E-state index in [0.717, 1.165) is 68.3 Å². The van der Waals surface area contributed by atoms with Gasteiger partial charge in [0.2, 0.25) is 0 Å². The summed E-state index contributed by atoms with van der Waals surface area (Å²) in [6.07, 6.45) is 7.95. The molecular weight excluding hydrogens is 449 g/mol. The number of hydrogen-bond donors (Lipinski definition) is 0. The Labute approximate surface area is 203 Å². The van der Waals surface area contributed by atoms with Crippen molar-refractivity contribution in [1.82, 2.24) is 29.4 Å². The van der Waals surface area contributed by atoms with Crippen LogP contribution in [-0.4, -0.2) is 87.4 Å². The van der Waals surface area contributed by atoms with Crippen LogP contribution in [0.5, 0.6) is 0 Å². The van der Waals surface area contributed by atoms with Crippen LogP contribution in [0.1, 0.15) is 26.2 Å². The third-order valence-electron chi connectivity index (χ3n) is 7.81. The van der Waals surface area contributed by atoms with Gasteiger partial charge in [0.05, 0.1) is 12.8 Å². The molecule has 35 heavy (non-hydrogen) atoms. The second-order valence-electron chi connectivity index (χ2n) is 9.98. The number of hydrogen-bond acceptors (Lipinski definition) is 7. The maximum absolute atomic E-state index is 14.2. The smallest absolute Gasteiger partial charge is 0.409 e. The van der Waals surface area contributed by atoms with Gasteiger partial charge >= 0.3 is 6.09 Å². The molecule has 1 saturated carbocycles. The molecule has 2 aliphatic heterocycles. The third-order valence-corrected chi connectivity index (χ3v) is 7.81. The average molecular weight is 480 g/mol. The first-order valence-electron chi connectivity index (χ1n) is 12.4. The topological polar surface area (TPSA) is 79.1 Å². The quantitative estimate of drug-likeness (QED) is 0.569. The summed E-state index contributed by atoms with van der Waals surface area (Å²) in [6, 6.07) is 5.95. The van der Waals surface area contributed by atoms with E-state index in [1.54, 1.807) is 10.6 Å². The van der Waals surface area contributed by atoms with Crippen LogP contribution < -0.4 is 4.90 Å². The molecular formula is C25H30FN7O2. The summed E-state index contributed by atoms with van der Waals surface area (Å²) in [4.78, 5) is 27.4. The van der Waals surface area contributed by atoms with E-state index in [0.29, 0.717) is 12.6 Å². The number of piperazine rings is 1. The number of nitrogens with zero attached hydrogens (tertiary/aromatic N) is 7. The molecule has 1 atom stereocenters. The van der Waals surface area contributed by atoms with Crippen LogP contribution in [0.4, 0.5) is 15.0 Å². The summed E-state index contributed by atoms with van der Waals surface area (Å²) >= 11 is 0. The summed E-state index contributed by atoms with van der Waals surface area (Å²) in [6.45, 7) is 7.50. The van der Waals surface area contributed by atoms with Crippen molar-refractivity contribution in [2.24, 2.45) is 5.41 Å². The first kappa shape index (κ1) is 22.2. The van der Waals surface area contributed by atoms with E-state index < -0.39 is 0 Å². The molecule has 3 aromatic heterocycles. The molecule has 1 aliphatic carbocycles. The fraction of sp³-hybridized carbons (Fsp3) is 0.520. The van der Waals surface area contributed by atoms with E-state index in [1.165, 1.54) is 25.4 Å². The molecule has 3 fully saturated rings. The SMILES string of the molecule is CCOC(=O)N1CC2(CC[C@@H](N3CCN(c4ncc(F)cc4-c4ccn5ncnc5c4)CC3)C2)C1. The minimum atomic E-state index is -0.350. The monoisotopic (exact) mass is 479 g/mol. The molecule has 0 unspecified atom stereocenters.